The van der Waals surface area contributed by atoms with Crippen LogP contribution in [0, 0.1) is 13.8 Å². The molecule has 0 atom stereocenters. The molecular formula is C7H11N3O. The average Bonchev–Trinajstić information content (AvgIpc) is 2.17. The molecule has 60 valence electrons. The van der Waals surface area contributed by atoms with E-state index in [1.54, 1.807) is 13.8 Å². The summed E-state index contributed by atoms with van der Waals surface area (Å²) >= 11 is 0. The van der Waals surface area contributed by atoms with E-state index < -0.39 is 0 Å². The standard InChI is InChI=1S/C7H11N3O/c1-4-7(8)5(2)10(9-4)6(3)11/h8H2,1-3H3. The first-order valence-corrected chi connectivity index (χ1v) is 3.36. The average molecular weight is 153 g/mol. The van der Waals surface area contributed by atoms with E-state index in [9.17, 15) is 4.79 Å². The molecule has 1 aromatic heterocycles. The molecule has 1 heterocycles. The van der Waals surface area contributed by atoms with Gasteiger partial charge in [0.1, 0.15) is 0 Å². The highest BCUT2D eigenvalue weighted by Crippen LogP contribution is 2.13. The lowest BCUT2D eigenvalue weighted by Gasteiger charge is -1.95. The van der Waals surface area contributed by atoms with E-state index in [4.69, 9.17) is 5.73 Å². The topological polar surface area (TPSA) is 60.9 Å². The summed E-state index contributed by atoms with van der Waals surface area (Å²) in [4.78, 5) is 10.9. The maximum absolute atomic E-state index is 10.9. The molecule has 0 saturated heterocycles. The number of carbonyl (C=O) groups is 1. The van der Waals surface area contributed by atoms with Gasteiger partial charge in [-0.15, -0.1) is 0 Å². The summed E-state index contributed by atoms with van der Waals surface area (Å²) in [6, 6.07) is 0. The minimum absolute atomic E-state index is 0.109. The lowest BCUT2D eigenvalue weighted by Crippen LogP contribution is -2.09. The lowest BCUT2D eigenvalue weighted by molar-refractivity contribution is 0.0918. The van der Waals surface area contributed by atoms with E-state index in [0.29, 0.717) is 11.4 Å². The molecule has 0 fully saturated rings. The fourth-order valence-corrected chi connectivity index (χ4v) is 0.961. The molecule has 0 aliphatic rings. The number of hydrogen-bond acceptors (Lipinski definition) is 3. The molecule has 1 rings (SSSR count). The Morgan fingerprint density at radius 3 is 2.27 bits per heavy atom. The minimum atomic E-state index is -0.109. The molecule has 1 aromatic rings. The van der Waals surface area contributed by atoms with Crippen LogP contribution in [0.15, 0.2) is 0 Å². The van der Waals surface area contributed by atoms with Gasteiger partial charge in [-0.2, -0.15) is 5.10 Å². The molecule has 0 aliphatic carbocycles. The third-order valence-electron chi connectivity index (χ3n) is 1.65. The Bertz CT molecular complexity index is 301. The van der Waals surface area contributed by atoms with Crippen LogP contribution in [0.1, 0.15) is 23.1 Å². The first kappa shape index (κ1) is 7.78. The summed E-state index contributed by atoms with van der Waals surface area (Å²) in [6.45, 7) is 5.01. The fourth-order valence-electron chi connectivity index (χ4n) is 0.961. The van der Waals surface area contributed by atoms with Crippen molar-refractivity contribution in [2.24, 2.45) is 0 Å². The molecule has 0 spiro atoms. The zero-order valence-corrected chi connectivity index (χ0v) is 6.88. The molecule has 0 radical (unpaired) electrons. The highest BCUT2D eigenvalue weighted by atomic mass is 16.2. The monoisotopic (exact) mass is 153 g/mol. The van der Waals surface area contributed by atoms with Crippen LogP contribution in [0.3, 0.4) is 0 Å². The largest absolute Gasteiger partial charge is 0.396 e. The summed E-state index contributed by atoms with van der Waals surface area (Å²) < 4.78 is 1.31. The van der Waals surface area contributed by atoms with Crippen molar-refractivity contribution in [1.29, 1.82) is 0 Å². The molecular weight excluding hydrogens is 142 g/mol. The Morgan fingerprint density at radius 2 is 2.09 bits per heavy atom. The van der Waals surface area contributed by atoms with Gasteiger partial charge in [0.05, 0.1) is 17.1 Å². The van der Waals surface area contributed by atoms with Crippen molar-refractivity contribution in [2.45, 2.75) is 20.8 Å². The number of carbonyl (C=O) groups excluding carboxylic acids is 1. The number of anilines is 1. The fraction of sp³-hybridized carbons (Fsp3) is 0.429. The van der Waals surface area contributed by atoms with Crippen LogP contribution < -0.4 is 5.73 Å². The van der Waals surface area contributed by atoms with Crippen molar-refractivity contribution in [3.05, 3.63) is 11.4 Å². The zero-order chi connectivity index (χ0) is 8.59. The van der Waals surface area contributed by atoms with Crippen LogP contribution in [0.5, 0.6) is 0 Å². The summed E-state index contributed by atoms with van der Waals surface area (Å²) in [5.41, 5.74) is 7.63. The highest BCUT2D eigenvalue weighted by molar-refractivity contribution is 5.77. The highest BCUT2D eigenvalue weighted by Gasteiger charge is 2.09. The van der Waals surface area contributed by atoms with Gasteiger partial charge < -0.3 is 5.73 Å². The quantitative estimate of drug-likeness (QED) is 0.598. The maximum Gasteiger partial charge on any atom is 0.244 e. The van der Waals surface area contributed by atoms with Gasteiger partial charge in [-0.05, 0) is 13.8 Å². The SMILES string of the molecule is CC(=O)n1nc(C)c(N)c1C. The van der Waals surface area contributed by atoms with Gasteiger partial charge in [-0.25, -0.2) is 4.68 Å². The van der Waals surface area contributed by atoms with Crippen molar-refractivity contribution in [3.63, 3.8) is 0 Å². The van der Waals surface area contributed by atoms with Crippen molar-refractivity contribution >= 4 is 11.6 Å². The normalized spacial score (nSPS) is 10.1. The second kappa shape index (κ2) is 2.38. The van der Waals surface area contributed by atoms with E-state index in [1.165, 1.54) is 11.6 Å². The first-order chi connectivity index (χ1) is 5.04. The van der Waals surface area contributed by atoms with Crippen LogP contribution in [0.25, 0.3) is 0 Å². The van der Waals surface area contributed by atoms with E-state index >= 15 is 0 Å². The summed E-state index contributed by atoms with van der Waals surface area (Å²) in [6.07, 6.45) is 0. The summed E-state index contributed by atoms with van der Waals surface area (Å²) in [7, 11) is 0. The van der Waals surface area contributed by atoms with E-state index in [1.807, 2.05) is 0 Å². The molecule has 4 nitrogen and oxygen atoms in total. The minimum Gasteiger partial charge on any atom is -0.396 e. The van der Waals surface area contributed by atoms with Crippen LogP contribution in [0.2, 0.25) is 0 Å². The second-order valence-corrected chi connectivity index (χ2v) is 2.52. The van der Waals surface area contributed by atoms with Crippen molar-refractivity contribution in [2.75, 3.05) is 5.73 Å². The number of rotatable bonds is 0. The molecule has 0 aromatic carbocycles. The first-order valence-electron chi connectivity index (χ1n) is 3.36. The van der Waals surface area contributed by atoms with Gasteiger partial charge in [0.25, 0.3) is 0 Å². The summed E-state index contributed by atoms with van der Waals surface area (Å²) in [5.74, 6) is -0.109. The van der Waals surface area contributed by atoms with Crippen molar-refractivity contribution in [1.82, 2.24) is 9.78 Å². The predicted molar refractivity (Wildman–Crippen MR) is 42.4 cm³/mol. The van der Waals surface area contributed by atoms with E-state index in [0.717, 1.165) is 5.69 Å². The Kier molecular flexibility index (Phi) is 1.68. The second-order valence-electron chi connectivity index (χ2n) is 2.52. The Labute approximate surface area is 65.0 Å². The Balaban J connectivity index is 3.29. The lowest BCUT2D eigenvalue weighted by atomic mass is 10.3. The zero-order valence-electron chi connectivity index (χ0n) is 6.88. The van der Waals surface area contributed by atoms with Crippen LogP contribution in [-0.2, 0) is 0 Å². The molecule has 0 unspecified atom stereocenters. The molecule has 11 heavy (non-hydrogen) atoms. The Hall–Kier alpha value is -1.32. The van der Waals surface area contributed by atoms with E-state index in [-0.39, 0.29) is 5.91 Å². The van der Waals surface area contributed by atoms with E-state index in [2.05, 4.69) is 5.10 Å². The van der Waals surface area contributed by atoms with Gasteiger partial charge in [0, 0.05) is 6.92 Å². The third-order valence-corrected chi connectivity index (χ3v) is 1.65. The Morgan fingerprint density at radius 1 is 1.55 bits per heavy atom. The van der Waals surface area contributed by atoms with Gasteiger partial charge in [0.2, 0.25) is 5.91 Å². The number of nitrogens with zero attached hydrogens (tertiary/aromatic N) is 2. The van der Waals surface area contributed by atoms with Crippen LogP contribution in [0.4, 0.5) is 5.69 Å². The number of aryl methyl sites for hydroxylation is 1. The van der Waals surface area contributed by atoms with Gasteiger partial charge in [-0.3, -0.25) is 4.79 Å². The number of aromatic nitrogens is 2. The number of nitrogen functional groups attached to an aromatic ring is 1. The predicted octanol–water partition coefficient (Wildman–Crippen LogP) is 0.742. The smallest absolute Gasteiger partial charge is 0.244 e. The van der Waals surface area contributed by atoms with Crippen LogP contribution in [-0.4, -0.2) is 15.7 Å². The van der Waals surface area contributed by atoms with Crippen molar-refractivity contribution in [3.8, 4) is 0 Å². The van der Waals surface area contributed by atoms with Gasteiger partial charge in [0.15, 0.2) is 0 Å². The molecule has 4 heteroatoms. The maximum atomic E-state index is 10.9. The molecule has 0 bridgehead atoms. The number of nitrogens with two attached hydrogens (primary N) is 1. The molecule has 0 saturated carbocycles. The summed E-state index contributed by atoms with van der Waals surface area (Å²) in [5, 5.41) is 3.95. The number of hydrogen-bond donors (Lipinski definition) is 1. The van der Waals surface area contributed by atoms with Gasteiger partial charge in [-0.1, -0.05) is 0 Å². The molecule has 0 amide bonds. The molecule has 2 N–H and O–H groups in total. The van der Waals surface area contributed by atoms with Gasteiger partial charge >= 0.3 is 0 Å². The van der Waals surface area contributed by atoms with Crippen molar-refractivity contribution < 1.29 is 4.79 Å². The van der Waals surface area contributed by atoms with Crippen LogP contribution >= 0.6 is 0 Å². The third kappa shape index (κ3) is 1.11. The molecule has 0 aliphatic heterocycles.